The molecule has 0 unspecified atom stereocenters. The number of rotatable bonds is 4. The summed E-state index contributed by atoms with van der Waals surface area (Å²) in [4.78, 5) is 14.8. The second-order valence-corrected chi connectivity index (χ2v) is 6.50. The van der Waals surface area contributed by atoms with Gasteiger partial charge in [-0.3, -0.25) is 4.79 Å². The average molecular weight is 311 g/mol. The van der Waals surface area contributed by atoms with Gasteiger partial charge < -0.3 is 15.2 Å². The molecule has 122 valence electrons. The number of aromatic nitrogens is 1. The number of hydrogen-bond donors (Lipinski definition) is 1. The first kappa shape index (κ1) is 15.8. The second kappa shape index (κ2) is 6.59. The van der Waals surface area contributed by atoms with Crippen molar-refractivity contribution in [2.75, 3.05) is 19.6 Å². The minimum atomic E-state index is 0.147. The molecule has 2 heterocycles. The summed E-state index contributed by atoms with van der Waals surface area (Å²) in [6.07, 6.45) is 1.02. The van der Waals surface area contributed by atoms with Crippen LogP contribution in [0.1, 0.15) is 33.7 Å². The van der Waals surface area contributed by atoms with Crippen molar-refractivity contribution in [1.82, 2.24) is 9.47 Å². The van der Waals surface area contributed by atoms with Crippen molar-refractivity contribution in [3.63, 3.8) is 0 Å². The molecule has 1 atom stereocenters. The van der Waals surface area contributed by atoms with Crippen molar-refractivity contribution in [2.45, 2.75) is 26.8 Å². The third-order valence-electron chi connectivity index (χ3n) is 4.89. The lowest BCUT2D eigenvalue weighted by molar-refractivity contribution is 0.0787. The predicted octanol–water partition coefficient (Wildman–Crippen LogP) is 2.57. The van der Waals surface area contributed by atoms with E-state index in [1.165, 1.54) is 5.56 Å². The summed E-state index contributed by atoms with van der Waals surface area (Å²) in [6, 6.07) is 12.4. The molecular formula is C19H25N3O. The molecule has 1 fully saturated rings. The summed E-state index contributed by atoms with van der Waals surface area (Å²) in [6.45, 7) is 7.19. The van der Waals surface area contributed by atoms with Crippen LogP contribution in [0.5, 0.6) is 0 Å². The molecule has 1 aromatic carbocycles. The van der Waals surface area contributed by atoms with Crippen LogP contribution in [-0.2, 0) is 6.54 Å². The van der Waals surface area contributed by atoms with E-state index in [0.717, 1.165) is 43.0 Å². The van der Waals surface area contributed by atoms with E-state index >= 15 is 0 Å². The van der Waals surface area contributed by atoms with Crippen molar-refractivity contribution in [3.8, 4) is 0 Å². The van der Waals surface area contributed by atoms with Crippen LogP contribution in [0, 0.1) is 19.8 Å². The number of benzene rings is 1. The maximum atomic E-state index is 12.8. The lowest BCUT2D eigenvalue weighted by Crippen LogP contribution is -2.30. The highest BCUT2D eigenvalue weighted by molar-refractivity contribution is 5.96. The lowest BCUT2D eigenvalue weighted by atomic mass is 10.1. The maximum absolute atomic E-state index is 12.8. The van der Waals surface area contributed by atoms with Crippen molar-refractivity contribution >= 4 is 5.91 Å². The number of carbonyl (C=O) groups is 1. The van der Waals surface area contributed by atoms with Crippen LogP contribution in [0.3, 0.4) is 0 Å². The molecule has 4 nitrogen and oxygen atoms in total. The summed E-state index contributed by atoms with van der Waals surface area (Å²) < 4.78 is 2.22. The minimum absolute atomic E-state index is 0.147. The SMILES string of the molecule is Cc1cc(C(=O)N2CC[C@@H](CN)C2)c(C)n1Cc1ccccc1. The number of hydrogen-bond acceptors (Lipinski definition) is 2. The Morgan fingerprint density at radius 3 is 2.65 bits per heavy atom. The predicted molar refractivity (Wildman–Crippen MR) is 92.5 cm³/mol. The van der Waals surface area contributed by atoms with Crippen molar-refractivity contribution < 1.29 is 4.79 Å². The summed E-state index contributed by atoms with van der Waals surface area (Å²) in [7, 11) is 0. The molecule has 1 aliphatic heterocycles. The molecule has 2 N–H and O–H groups in total. The van der Waals surface area contributed by atoms with Gasteiger partial charge in [-0.2, -0.15) is 0 Å². The van der Waals surface area contributed by atoms with Crippen LogP contribution in [-0.4, -0.2) is 35.0 Å². The molecule has 0 aliphatic carbocycles. The Morgan fingerprint density at radius 1 is 1.26 bits per heavy atom. The minimum Gasteiger partial charge on any atom is -0.344 e. The van der Waals surface area contributed by atoms with Gasteiger partial charge in [0.25, 0.3) is 5.91 Å². The van der Waals surface area contributed by atoms with Gasteiger partial charge in [0, 0.05) is 31.0 Å². The molecule has 1 aromatic heterocycles. The summed E-state index contributed by atoms with van der Waals surface area (Å²) >= 11 is 0. The van der Waals surface area contributed by atoms with Gasteiger partial charge in [-0.25, -0.2) is 0 Å². The Morgan fingerprint density at radius 2 is 2.00 bits per heavy atom. The van der Waals surface area contributed by atoms with E-state index in [9.17, 15) is 4.79 Å². The van der Waals surface area contributed by atoms with Gasteiger partial charge in [-0.05, 0) is 44.4 Å². The normalized spacial score (nSPS) is 17.7. The summed E-state index contributed by atoms with van der Waals surface area (Å²) in [5, 5.41) is 0. The molecule has 2 aromatic rings. The van der Waals surface area contributed by atoms with Gasteiger partial charge in [0.1, 0.15) is 0 Å². The standard InChI is InChI=1S/C19H25N3O/c1-14-10-18(19(23)21-9-8-17(11-20)12-21)15(2)22(14)13-16-6-4-3-5-7-16/h3-7,10,17H,8-9,11-13,20H2,1-2H3/t17-/m0/s1. The molecular weight excluding hydrogens is 286 g/mol. The fraction of sp³-hybridized carbons (Fsp3) is 0.421. The van der Waals surface area contributed by atoms with Crippen molar-refractivity contribution in [1.29, 1.82) is 0 Å². The van der Waals surface area contributed by atoms with Crippen LogP contribution < -0.4 is 5.73 Å². The second-order valence-electron chi connectivity index (χ2n) is 6.50. The monoisotopic (exact) mass is 311 g/mol. The van der Waals surface area contributed by atoms with Gasteiger partial charge in [0.15, 0.2) is 0 Å². The third kappa shape index (κ3) is 3.17. The molecule has 1 saturated heterocycles. The van der Waals surface area contributed by atoms with E-state index < -0.39 is 0 Å². The summed E-state index contributed by atoms with van der Waals surface area (Å²) in [5.74, 6) is 0.597. The Hall–Kier alpha value is -2.07. The van der Waals surface area contributed by atoms with Crippen molar-refractivity contribution in [3.05, 3.63) is 58.9 Å². The van der Waals surface area contributed by atoms with E-state index in [0.29, 0.717) is 12.5 Å². The first-order chi connectivity index (χ1) is 11.1. The number of likely N-dealkylation sites (tertiary alicyclic amines) is 1. The van der Waals surface area contributed by atoms with E-state index in [1.807, 2.05) is 36.1 Å². The third-order valence-corrected chi connectivity index (χ3v) is 4.89. The zero-order chi connectivity index (χ0) is 16.4. The quantitative estimate of drug-likeness (QED) is 0.943. The molecule has 1 amide bonds. The Labute approximate surface area is 137 Å². The van der Waals surface area contributed by atoms with Gasteiger partial charge in [0.05, 0.1) is 5.56 Å². The zero-order valence-corrected chi connectivity index (χ0v) is 14.0. The zero-order valence-electron chi connectivity index (χ0n) is 14.0. The molecule has 0 spiro atoms. The molecule has 0 radical (unpaired) electrons. The van der Waals surface area contributed by atoms with Crippen LogP contribution in [0.25, 0.3) is 0 Å². The number of aryl methyl sites for hydroxylation is 1. The Kier molecular flexibility index (Phi) is 4.53. The highest BCUT2D eigenvalue weighted by Gasteiger charge is 2.28. The molecule has 23 heavy (non-hydrogen) atoms. The first-order valence-corrected chi connectivity index (χ1v) is 8.30. The average Bonchev–Trinajstić information content (AvgIpc) is 3.15. The fourth-order valence-electron chi connectivity index (χ4n) is 3.41. The lowest BCUT2D eigenvalue weighted by Gasteiger charge is -2.16. The summed E-state index contributed by atoms with van der Waals surface area (Å²) in [5.41, 5.74) is 9.99. The number of amides is 1. The van der Waals surface area contributed by atoms with Crippen LogP contribution in [0.15, 0.2) is 36.4 Å². The van der Waals surface area contributed by atoms with E-state index in [1.54, 1.807) is 0 Å². The Balaban J connectivity index is 1.82. The highest BCUT2D eigenvalue weighted by Crippen LogP contribution is 2.22. The fourth-order valence-corrected chi connectivity index (χ4v) is 3.41. The van der Waals surface area contributed by atoms with E-state index in [-0.39, 0.29) is 5.91 Å². The van der Waals surface area contributed by atoms with Crippen molar-refractivity contribution in [2.24, 2.45) is 11.7 Å². The first-order valence-electron chi connectivity index (χ1n) is 8.30. The van der Waals surface area contributed by atoms with E-state index in [2.05, 4.69) is 23.6 Å². The maximum Gasteiger partial charge on any atom is 0.255 e. The molecule has 3 rings (SSSR count). The number of carbonyl (C=O) groups excluding carboxylic acids is 1. The largest absolute Gasteiger partial charge is 0.344 e. The van der Waals surface area contributed by atoms with E-state index in [4.69, 9.17) is 5.73 Å². The smallest absolute Gasteiger partial charge is 0.255 e. The van der Waals surface area contributed by atoms with Gasteiger partial charge >= 0.3 is 0 Å². The number of nitrogens with zero attached hydrogens (tertiary/aromatic N) is 2. The Bertz CT molecular complexity index is 690. The van der Waals surface area contributed by atoms with Gasteiger partial charge in [-0.1, -0.05) is 30.3 Å². The van der Waals surface area contributed by atoms with Crippen LogP contribution in [0.4, 0.5) is 0 Å². The topological polar surface area (TPSA) is 51.3 Å². The van der Waals surface area contributed by atoms with Crippen LogP contribution >= 0.6 is 0 Å². The molecule has 0 bridgehead atoms. The molecule has 0 saturated carbocycles. The van der Waals surface area contributed by atoms with Gasteiger partial charge in [-0.15, -0.1) is 0 Å². The molecule has 1 aliphatic rings. The van der Waals surface area contributed by atoms with Crippen LogP contribution in [0.2, 0.25) is 0 Å². The highest BCUT2D eigenvalue weighted by atomic mass is 16.2. The number of nitrogens with two attached hydrogens (primary N) is 1. The van der Waals surface area contributed by atoms with Gasteiger partial charge in [0.2, 0.25) is 0 Å². The molecule has 4 heteroatoms.